The van der Waals surface area contributed by atoms with E-state index in [0.717, 1.165) is 15.9 Å². The van der Waals surface area contributed by atoms with E-state index in [9.17, 15) is 34.4 Å². The van der Waals surface area contributed by atoms with Crippen molar-refractivity contribution in [3.05, 3.63) is 69.8 Å². The maximum atomic E-state index is 14.0. The molecule has 13 heteroatoms. The van der Waals surface area contributed by atoms with Crippen LogP contribution >= 0.6 is 23.2 Å². The lowest BCUT2D eigenvalue weighted by Gasteiger charge is -2.50. The molecule has 3 fully saturated rings. The van der Waals surface area contributed by atoms with Crippen molar-refractivity contribution in [3.63, 3.8) is 0 Å². The third-order valence-electron chi connectivity index (χ3n) is 8.95. The van der Waals surface area contributed by atoms with Gasteiger partial charge in [-0.15, -0.1) is 23.2 Å². The SMILES string of the molecule is CCOc1cccc([C@H]2C3=CC[C@@H]4C(=O)N(c5cccc([N+](=O)[O-])c5)C(=O)[C@@H]4[C@@H]3C[C@@]3(Cl)C(=O)N(C)C(=O)[C@@]23Cl)c1O. The van der Waals surface area contributed by atoms with Crippen LogP contribution in [0.2, 0.25) is 0 Å². The maximum Gasteiger partial charge on any atom is 0.271 e. The van der Waals surface area contributed by atoms with Gasteiger partial charge in [-0.1, -0.05) is 29.8 Å². The zero-order chi connectivity index (χ0) is 30.3. The number of nitro groups is 1. The Morgan fingerprint density at radius 1 is 1.07 bits per heavy atom. The molecular weight excluding hydrogens is 589 g/mol. The van der Waals surface area contributed by atoms with Gasteiger partial charge >= 0.3 is 0 Å². The summed E-state index contributed by atoms with van der Waals surface area (Å²) in [5.41, 5.74) is 0.474. The van der Waals surface area contributed by atoms with Gasteiger partial charge in [-0.05, 0) is 37.8 Å². The number of likely N-dealkylation sites (tertiary alicyclic amines) is 1. The average molecular weight is 614 g/mol. The van der Waals surface area contributed by atoms with Gasteiger partial charge < -0.3 is 9.84 Å². The van der Waals surface area contributed by atoms with Crippen LogP contribution in [0.15, 0.2) is 54.1 Å². The summed E-state index contributed by atoms with van der Waals surface area (Å²) >= 11 is 14.3. The molecule has 2 saturated heterocycles. The first kappa shape index (κ1) is 28.2. The Bertz CT molecular complexity index is 1630. The predicted octanol–water partition coefficient (Wildman–Crippen LogP) is 3.89. The van der Waals surface area contributed by atoms with Crippen LogP contribution in [0, 0.1) is 27.9 Å². The van der Waals surface area contributed by atoms with Crippen LogP contribution in [0.5, 0.6) is 11.5 Å². The molecule has 4 aliphatic rings. The summed E-state index contributed by atoms with van der Waals surface area (Å²) in [6.45, 7) is 1.98. The fraction of sp³-hybridized carbons (Fsp3) is 0.379. The number of anilines is 1. The lowest BCUT2D eigenvalue weighted by Crippen LogP contribution is -2.60. The molecule has 2 aliphatic carbocycles. The van der Waals surface area contributed by atoms with E-state index in [2.05, 4.69) is 0 Å². The number of carbonyl (C=O) groups is 4. The molecule has 11 nitrogen and oxygen atoms in total. The smallest absolute Gasteiger partial charge is 0.271 e. The Morgan fingerprint density at radius 3 is 2.48 bits per heavy atom. The number of nitrogens with zero attached hydrogens (tertiary/aromatic N) is 3. The quantitative estimate of drug-likeness (QED) is 0.176. The van der Waals surface area contributed by atoms with Crippen molar-refractivity contribution >= 4 is 58.2 Å². The molecule has 0 radical (unpaired) electrons. The van der Waals surface area contributed by atoms with Gasteiger partial charge in [-0.3, -0.25) is 34.2 Å². The molecule has 1 saturated carbocycles. The molecule has 0 unspecified atom stereocenters. The van der Waals surface area contributed by atoms with Crippen molar-refractivity contribution in [2.45, 2.75) is 35.4 Å². The van der Waals surface area contributed by atoms with Crippen molar-refractivity contribution in [2.75, 3.05) is 18.6 Å². The first-order valence-electron chi connectivity index (χ1n) is 13.4. The van der Waals surface area contributed by atoms with E-state index in [4.69, 9.17) is 27.9 Å². The van der Waals surface area contributed by atoms with Gasteiger partial charge in [0, 0.05) is 30.7 Å². The number of hydrogen-bond acceptors (Lipinski definition) is 8. The molecule has 42 heavy (non-hydrogen) atoms. The van der Waals surface area contributed by atoms with E-state index >= 15 is 0 Å². The number of carbonyl (C=O) groups excluding carboxylic acids is 4. The van der Waals surface area contributed by atoms with E-state index < -0.39 is 62.0 Å². The van der Waals surface area contributed by atoms with E-state index in [0.29, 0.717) is 5.57 Å². The van der Waals surface area contributed by atoms with Crippen LogP contribution in [-0.4, -0.2) is 62.0 Å². The zero-order valence-corrected chi connectivity index (χ0v) is 24.0. The van der Waals surface area contributed by atoms with Gasteiger partial charge in [0.05, 0.1) is 29.1 Å². The van der Waals surface area contributed by atoms with E-state index in [1.54, 1.807) is 31.2 Å². The topological polar surface area (TPSA) is 147 Å². The van der Waals surface area contributed by atoms with Gasteiger partial charge in [0.2, 0.25) is 11.8 Å². The molecule has 218 valence electrons. The van der Waals surface area contributed by atoms with Crippen molar-refractivity contribution < 1.29 is 33.9 Å². The number of phenols is 1. The molecule has 1 N–H and O–H groups in total. The predicted molar refractivity (Wildman–Crippen MR) is 150 cm³/mol. The number of halogens is 2. The van der Waals surface area contributed by atoms with Gasteiger partial charge in [-0.2, -0.15) is 0 Å². The van der Waals surface area contributed by atoms with E-state index in [-0.39, 0.29) is 47.9 Å². The molecule has 6 atom stereocenters. The van der Waals surface area contributed by atoms with Crippen LogP contribution in [0.1, 0.15) is 31.2 Å². The van der Waals surface area contributed by atoms with Crippen molar-refractivity contribution in [1.82, 2.24) is 4.90 Å². The van der Waals surface area contributed by atoms with Gasteiger partial charge in [0.1, 0.15) is 0 Å². The number of para-hydroxylation sites is 1. The third kappa shape index (κ3) is 3.53. The van der Waals surface area contributed by atoms with Crippen molar-refractivity contribution in [2.24, 2.45) is 17.8 Å². The van der Waals surface area contributed by atoms with E-state index in [1.165, 1.54) is 25.2 Å². The molecule has 2 aliphatic heterocycles. The lowest BCUT2D eigenvalue weighted by molar-refractivity contribution is -0.384. The van der Waals surface area contributed by atoms with E-state index in [1.807, 2.05) is 0 Å². The fourth-order valence-electron chi connectivity index (χ4n) is 7.13. The summed E-state index contributed by atoms with van der Waals surface area (Å²) in [6, 6.07) is 9.97. The highest BCUT2D eigenvalue weighted by Crippen LogP contribution is 2.66. The minimum atomic E-state index is -2.05. The van der Waals surface area contributed by atoms with Gasteiger partial charge in [-0.25, -0.2) is 4.90 Å². The Labute approximate surface area is 249 Å². The summed E-state index contributed by atoms with van der Waals surface area (Å²) in [5, 5.41) is 22.7. The lowest BCUT2D eigenvalue weighted by atomic mass is 9.56. The van der Waals surface area contributed by atoms with Crippen LogP contribution in [0.3, 0.4) is 0 Å². The summed E-state index contributed by atoms with van der Waals surface area (Å²) in [4.78, 5) is 63.4. The number of ether oxygens (including phenoxy) is 1. The van der Waals surface area contributed by atoms with Crippen LogP contribution < -0.4 is 9.64 Å². The number of alkyl halides is 2. The highest BCUT2D eigenvalue weighted by atomic mass is 35.5. The largest absolute Gasteiger partial charge is 0.504 e. The van der Waals surface area contributed by atoms with Crippen LogP contribution in [-0.2, 0) is 19.2 Å². The molecular formula is C29H25Cl2N3O8. The van der Waals surface area contributed by atoms with Crippen LogP contribution in [0.4, 0.5) is 11.4 Å². The Kier molecular flexibility index (Phi) is 6.39. The standard InChI is InChI=1S/C29H25Cl2N3O8/c1-3-42-20-9-5-8-18(23(20)35)22-16-10-11-17-21(19(16)13-28(30)26(38)32(2)27(39)29(22,28)31)25(37)33(24(17)36)14-6-4-7-15(12-14)34(40)41/h4-10,12,17,19,21-22,35H,3,11,13H2,1-2H3/t17-,19+,21-,22+,28+,29-/m0/s1. The second kappa shape index (κ2) is 9.53. The number of non-ortho nitro benzene ring substituents is 1. The summed E-state index contributed by atoms with van der Waals surface area (Å²) in [5.74, 6) is -6.54. The van der Waals surface area contributed by atoms with Crippen molar-refractivity contribution in [1.29, 1.82) is 0 Å². The molecule has 6 rings (SSSR count). The minimum Gasteiger partial charge on any atom is -0.504 e. The number of rotatable bonds is 5. The number of imide groups is 2. The molecule has 2 heterocycles. The fourth-order valence-corrected chi connectivity index (χ4v) is 8.15. The number of fused-ring (bicyclic) bond motifs is 4. The minimum absolute atomic E-state index is 0.0590. The molecule has 0 aromatic heterocycles. The molecule has 0 bridgehead atoms. The second-order valence-electron chi connectivity index (χ2n) is 10.9. The number of allylic oxidation sites excluding steroid dienone is 2. The average Bonchev–Trinajstić information content (AvgIpc) is 3.29. The molecule has 0 spiro atoms. The zero-order valence-electron chi connectivity index (χ0n) is 22.5. The van der Waals surface area contributed by atoms with Gasteiger partial charge in [0.25, 0.3) is 17.5 Å². The number of nitro benzene ring substituents is 1. The second-order valence-corrected chi connectivity index (χ2v) is 12.2. The van der Waals surface area contributed by atoms with Gasteiger partial charge in [0.15, 0.2) is 21.2 Å². The Morgan fingerprint density at radius 2 is 1.79 bits per heavy atom. The summed E-state index contributed by atoms with van der Waals surface area (Å²) < 4.78 is 5.57. The Hall–Kier alpha value is -3.96. The summed E-state index contributed by atoms with van der Waals surface area (Å²) in [7, 11) is 1.28. The molecule has 2 aromatic carbocycles. The molecule has 2 aromatic rings. The Balaban J connectivity index is 1.51. The number of benzene rings is 2. The number of hydrogen-bond donors (Lipinski definition) is 1. The number of aromatic hydroxyl groups is 1. The monoisotopic (exact) mass is 613 g/mol. The normalized spacial score (nSPS) is 32.0. The first-order valence-corrected chi connectivity index (χ1v) is 14.1. The highest BCUT2D eigenvalue weighted by molar-refractivity contribution is 6.53. The number of phenolic OH excluding ortho intramolecular Hbond substituents is 1. The third-order valence-corrected chi connectivity index (χ3v) is 10.4. The van der Waals surface area contributed by atoms with Crippen LogP contribution in [0.25, 0.3) is 0 Å². The first-order chi connectivity index (χ1) is 19.9. The molecule has 4 amide bonds. The highest BCUT2D eigenvalue weighted by Gasteiger charge is 2.76. The summed E-state index contributed by atoms with van der Waals surface area (Å²) in [6.07, 6.45) is 1.63. The van der Waals surface area contributed by atoms with Crippen molar-refractivity contribution in [3.8, 4) is 11.5 Å². The number of amides is 4. The maximum absolute atomic E-state index is 14.0.